The summed E-state index contributed by atoms with van der Waals surface area (Å²) in [4.78, 5) is 19.6. The van der Waals surface area contributed by atoms with E-state index in [0.717, 1.165) is 80.0 Å². The maximum absolute atomic E-state index is 12.2. The van der Waals surface area contributed by atoms with Crippen LogP contribution in [0.2, 0.25) is 0 Å². The number of benzene rings is 2. The monoisotopic (exact) mass is 529 g/mol. The number of nitrogens with zero attached hydrogens (tertiary/aromatic N) is 5. The molecule has 4 aromatic rings. The van der Waals surface area contributed by atoms with Crippen LogP contribution in [0.3, 0.4) is 0 Å². The van der Waals surface area contributed by atoms with Crippen LogP contribution in [0.15, 0.2) is 54.7 Å². The molecule has 0 saturated carbocycles. The minimum Gasteiger partial charge on any atom is -0.472 e. The average molecular weight is 530 g/mol. The molecule has 204 valence electrons. The molecule has 0 unspecified atom stereocenters. The molecule has 2 fully saturated rings. The Morgan fingerprint density at radius 1 is 1.10 bits per heavy atom. The Morgan fingerprint density at radius 3 is 2.62 bits per heavy atom. The summed E-state index contributed by atoms with van der Waals surface area (Å²) in [5.41, 5.74) is 4.58. The van der Waals surface area contributed by atoms with Crippen molar-refractivity contribution in [3.8, 4) is 5.88 Å². The van der Waals surface area contributed by atoms with Crippen LogP contribution in [0.5, 0.6) is 5.88 Å². The lowest BCUT2D eigenvalue weighted by Gasteiger charge is -2.32. The molecule has 0 spiro atoms. The van der Waals surface area contributed by atoms with Crippen molar-refractivity contribution in [2.75, 3.05) is 26.8 Å². The molecule has 0 N–H and O–H groups in total. The first-order valence-electron chi connectivity index (χ1n) is 13.7. The number of fused-ring (bicyclic) bond motifs is 1. The molecule has 4 heterocycles. The summed E-state index contributed by atoms with van der Waals surface area (Å²) in [6.45, 7) is 6.79. The van der Waals surface area contributed by atoms with Crippen molar-refractivity contribution in [1.29, 1.82) is 0 Å². The normalized spacial score (nSPS) is 18.3. The van der Waals surface area contributed by atoms with Gasteiger partial charge in [-0.25, -0.2) is 9.78 Å². The zero-order valence-electron chi connectivity index (χ0n) is 22.6. The lowest BCUT2D eigenvalue weighted by atomic mass is 10.1. The van der Waals surface area contributed by atoms with E-state index in [4.69, 9.17) is 24.3 Å². The molecule has 2 aromatic carbocycles. The topological polar surface area (TPSA) is 83.6 Å². The molecule has 1 atom stereocenters. The van der Waals surface area contributed by atoms with Crippen molar-refractivity contribution in [2.24, 2.45) is 0 Å². The molecule has 0 aliphatic carbocycles. The van der Waals surface area contributed by atoms with E-state index in [1.807, 2.05) is 30.3 Å². The molecule has 6 rings (SSSR count). The second kappa shape index (κ2) is 11.2. The highest BCUT2D eigenvalue weighted by atomic mass is 16.5. The Kier molecular flexibility index (Phi) is 7.34. The maximum Gasteiger partial charge on any atom is 0.337 e. The number of rotatable bonds is 9. The summed E-state index contributed by atoms with van der Waals surface area (Å²) < 4.78 is 21.0. The van der Waals surface area contributed by atoms with E-state index < -0.39 is 0 Å². The van der Waals surface area contributed by atoms with E-state index in [9.17, 15) is 4.79 Å². The summed E-state index contributed by atoms with van der Waals surface area (Å²) in [6, 6.07) is 16.1. The molecular weight excluding hydrogens is 494 g/mol. The highest BCUT2D eigenvalue weighted by Gasteiger charge is 2.26. The Hall–Kier alpha value is -3.69. The van der Waals surface area contributed by atoms with Crippen LogP contribution in [0.25, 0.3) is 11.0 Å². The lowest BCUT2D eigenvalue weighted by molar-refractivity contribution is -0.0592. The van der Waals surface area contributed by atoms with E-state index in [1.165, 1.54) is 7.11 Å². The third-order valence-electron chi connectivity index (χ3n) is 7.81. The highest BCUT2D eigenvalue weighted by molar-refractivity contribution is 5.93. The van der Waals surface area contributed by atoms with E-state index in [1.54, 1.807) is 6.07 Å². The molecule has 9 heteroatoms. The number of imidazole rings is 1. The Bertz CT molecular complexity index is 1430. The summed E-state index contributed by atoms with van der Waals surface area (Å²) in [7, 11) is 1.41. The zero-order valence-corrected chi connectivity index (χ0v) is 22.6. The number of methoxy groups -OCH3 is 1. The van der Waals surface area contributed by atoms with Gasteiger partial charge >= 0.3 is 5.97 Å². The number of esters is 1. The van der Waals surface area contributed by atoms with Gasteiger partial charge in [-0.15, -0.1) is 5.10 Å². The average Bonchev–Trinajstić information content (AvgIpc) is 3.48. The molecule has 0 radical (unpaired) electrons. The number of aryl methyl sites for hydroxylation is 1. The van der Waals surface area contributed by atoms with E-state index in [0.29, 0.717) is 24.1 Å². The zero-order chi connectivity index (χ0) is 26.8. The molecular formula is C30H35N5O4. The predicted molar refractivity (Wildman–Crippen MR) is 147 cm³/mol. The fourth-order valence-electron chi connectivity index (χ4n) is 5.44. The number of aromatic nitrogens is 4. The summed E-state index contributed by atoms with van der Waals surface area (Å²) in [5, 5.41) is 4.79. The van der Waals surface area contributed by atoms with Crippen LogP contribution in [-0.4, -0.2) is 63.1 Å². The Balaban J connectivity index is 1.12. The van der Waals surface area contributed by atoms with E-state index in [2.05, 4.69) is 39.4 Å². The van der Waals surface area contributed by atoms with E-state index in [-0.39, 0.29) is 12.1 Å². The lowest BCUT2D eigenvalue weighted by Crippen LogP contribution is -2.36. The van der Waals surface area contributed by atoms with Gasteiger partial charge in [-0.2, -0.15) is 0 Å². The van der Waals surface area contributed by atoms with Gasteiger partial charge in [0.2, 0.25) is 5.88 Å². The largest absolute Gasteiger partial charge is 0.472 e. The van der Waals surface area contributed by atoms with Crippen LogP contribution < -0.4 is 4.74 Å². The molecule has 2 aliphatic rings. The number of carbonyl (C=O) groups excluding carboxylic acids is 1. The number of piperidine rings is 1. The first-order valence-corrected chi connectivity index (χ1v) is 13.7. The highest BCUT2D eigenvalue weighted by Crippen LogP contribution is 2.28. The van der Waals surface area contributed by atoms with Gasteiger partial charge in [-0.1, -0.05) is 30.3 Å². The van der Waals surface area contributed by atoms with Crippen molar-refractivity contribution < 1.29 is 19.0 Å². The Morgan fingerprint density at radius 2 is 1.90 bits per heavy atom. The minimum atomic E-state index is -0.337. The van der Waals surface area contributed by atoms with Gasteiger partial charge in [-0.05, 0) is 49.9 Å². The van der Waals surface area contributed by atoms with Gasteiger partial charge < -0.3 is 18.8 Å². The number of likely N-dealkylation sites (tertiary alicyclic amines) is 1. The van der Waals surface area contributed by atoms with Crippen LogP contribution in [-0.2, 0) is 29.2 Å². The fourth-order valence-corrected chi connectivity index (χ4v) is 5.44. The number of hydrogen-bond donors (Lipinski definition) is 0. The van der Waals surface area contributed by atoms with E-state index >= 15 is 0 Å². The van der Waals surface area contributed by atoms with Crippen molar-refractivity contribution >= 4 is 17.0 Å². The first kappa shape index (κ1) is 25.6. The van der Waals surface area contributed by atoms with Crippen molar-refractivity contribution in [3.05, 3.63) is 77.2 Å². The van der Waals surface area contributed by atoms with Gasteiger partial charge in [0.15, 0.2) is 0 Å². The molecule has 9 nitrogen and oxygen atoms in total. The second-order valence-corrected chi connectivity index (χ2v) is 10.5. The van der Waals surface area contributed by atoms with Crippen molar-refractivity contribution in [2.45, 2.75) is 58.0 Å². The third-order valence-corrected chi connectivity index (χ3v) is 7.81. The van der Waals surface area contributed by atoms with Crippen LogP contribution in [0, 0.1) is 6.92 Å². The Labute approximate surface area is 228 Å². The van der Waals surface area contributed by atoms with Gasteiger partial charge in [0.1, 0.15) is 12.4 Å². The van der Waals surface area contributed by atoms with Gasteiger partial charge in [0.05, 0.1) is 48.9 Å². The third kappa shape index (κ3) is 5.55. The molecule has 2 saturated heterocycles. The summed E-state index contributed by atoms with van der Waals surface area (Å²) in [6.07, 6.45) is 5.36. The minimum absolute atomic E-state index is 0.190. The van der Waals surface area contributed by atoms with Crippen molar-refractivity contribution in [3.63, 3.8) is 0 Å². The van der Waals surface area contributed by atoms with Crippen LogP contribution in [0.1, 0.15) is 52.6 Å². The first-order chi connectivity index (χ1) is 19.1. The molecule has 39 heavy (non-hydrogen) atoms. The molecule has 2 aliphatic heterocycles. The SMILES string of the molecule is COC(=O)c1ccc2nc(CN3CCC(n4cc(C)c(OCc5ccccc5)n4)CC3)n(C[C@@H]3CCO3)c2c1. The number of carbonyl (C=O) groups is 1. The van der Waals surface area contributed by atoms with Gasteiger partial charge in [0, 0.05) is 31.5 Å². The summed E-state index contributed by atoms with van der Waals surface area (Å²) >= 11 is 0. The number of ether oxygens (including phenoxy) is 3. The van der Waals surface area contributed by atoms with Crippen molar-refractivity contribution in [1.82, 2.24) is 24.2 Å². The van der Waals surface area contributed by atoms with Gasteiger partial charge in [-0.3, -0.25) is 9.58 Å². The maximum atomic E-state index is 12.2. The van der Waals surface area contributed by atoms with Gasteiger partial charge in [0.25, 0.3) is 0 Å². The standard InChI is InChI=1S/C30H35N5O4/c1-21-17-35(32-29(21)39-20-22-6-4-3-5-7-22)24-10-13-33(14-11-24)19-28-31-26-9-8-23(30(36)37-2)16-27(26)34(28)18-25-12-15-38-25/h3-9,16-17,24-25H,10-15,18-20H2,1-2H3/t25-/m0/s1. The molecule has 0 amide bonds. The smallest absolute Gasteiger partial charge is 0.337 e. The molecule has 0 bridgehead atoms. The quantitative estimate of drug-likeness (QED) is 0.295. The van der Waals surface area contributed by atoms with Crippen LogP contribution in [0.4, 0.5) is 0 Å². The predicted octanol–water partition coefficient (Wildman–Crippen LogP) is 4.53. The van der Waals surface area contributed by atoms with Crippen LogP contribution >= 0.6 is 0 Å². The fraction of sp³-hybridized carbons (Fsp3) is 0.433. The second-order valence-electron chi connectivity index (χ2n) is 10.5. The molecule has 2 aromatic heterocycles. The number of hydrogen-bond acceptors (Lipinski definition) is 7. The summed E-state index contributed by atoms with van der Waals surface area (Å²) in [5.74, 6) is 1.38.